The second-order valence-electron chi connectivity index (χ2n) is 5.27. The Kier molecular flexibility index (Phi) is 4.19. The molecule has 4 heteroatoms. The average Bonchev–Trinajstić information content (AvgIpc) is 2.17. The first kappa shape index (κ1) is 13.3. The highest BCUT2D eigenvalue weighted by Gasteiger charge is 2.40. The molecular weight excluding hydrogens is 204 g/mol. The van der Waals surface area contributed by atoms with Gasteiger partial charge in [-0.25, -0.2) is 4.79 Å². The molecule has 16 heavy (non-hydrogen) atoms. The molecule has 0 unspecified atom stereocenters. The van der Waals surface area contributed by atoms with Crippen molar-refractivity contribution in [1.29, 1.82) is 0 Å². The van der Waals surface area contributed by atoms with E-state index in [9.17, 15) is 4.79 Å². The second-order valence-corrected chi connectivity index (χ2v) is 5.27. The van der Waals surface area contributed by atoms with Gasteiger partial charge in [-0.05, 0) is 19.8 Å². The maximum absolute atomic E-state index is 11.0. The van der Waals surface area contributed by atoms with Gasteiger partial charge >= 0.3 is 6.09 Å². The predicted octanol–water partition coefficient (Wildman–Crippen LogP) is 1.98. The molecule has 1 amide bonds. The van der Waals surface area contributed by atoms with Gasteiger partial charge in [-0.1, -0.05) is 13.8 Å². The van der Waals surface area contributed by atoms with Gasteiger partial charge in [0.25, 0.3) is 0 Å². The van der Waals surface area contributed by atoms with Crippen molar-refractivity contribution >= 4 is 6.09 Å². The molecule has 1 aliphatic heterocycles. The number of piperidine rings is 1. The van der Waals surface area contributed by atoms with Gasteiger partial charge < -0.3 is 15.4 Å². The van der Waals surface area contributed by atoms with Crippen LogP contribution >= 0.6 is 0 Å². The monoisotopic (exact) mass is 228 g/mol. The molecule has 0 aromatic rings. The van der Waals surface area contributed by atoms with Crippen molar-refractivity contribution in [2.24, 2.45) is 11.7 Å². The van der Waals surface area contributed by atoms with Crippen molar-refractivity contribution < 1.29 is 9.53 Å². The average molecular weight is 228 g/mol. The van der Waals surface area contributed by atoms with Gasteiger partial charge in [-0.2, -0.15) is 0 Å². The van der Waals surface area contributed by atoms with Gasteiger partial charge in [0.15, 0.2) is 0 Å². The summed E-state index contributed by atoms with van der Waals surface area (Å²) in [7, 11) is 0. The van der Waals surface area contributed by atoms with Crippen molar-refractivity contribution in [1.82, 2.24) is 4.90 Å². The molecule has 0 aromatic carbocycles. The Bertz CT molecular complexity index is 243. The first-order valence-electron chi connectivity index (χ1n) is 6.10. The molecule has 0 spiro atoms. The number of carbonyl (C=O) groups excluding carboxylic acids is 1. The van der Waals surface area contributed by atoms with Crippen molar-refractivity contribution in [2.45, 2.75) is 52.2 Å². The normalized spacial score (nSPS) is 21.4. The highest BCUT2D eigenvalue weighted by molar-refractivity contribution is 5.65. The lowest BCUT2D eigenvalue weighted by Gasteiger charge is -2.44. The number of rotatable bonds is 3. The van der Waals surface area contributed by atoms with E-state index in [-0.39, 0.29) is 5.60 Å². The zero-order valence-corrected chi connectivity index (χ0v) is 10.8. The maximum atomic E-state index is 11.0. The fourth-order valence-electron chi connectivity index (χ4n) is 2.42. The Balaban J connectivity index is 2.66. The number of amides is 1. The van der Waals surface area contributed by atoms with E-state index in [1.807, 2.05) is 0 Å². The molecule has 0 aliphatic carbocycles. The van der Waals surface area contributed by atoms with E-state index in [4.69, 9.17) is 10.5 Å². The number of nitrogens with two attached hydrogens (primary N) is 1. The van der Waals surface area contributed by atoms with Crippen molar-refractivity contribution in [2.75, 3.05) is 13.1 Å². The van der Waals surface area contributed by atoms with Crippen LogP contribution in [0.4, 0.5) is 4.79 Å². The molecule has 1 aliphatic rings. The quantitative estimate of drug-likeness (QED) is 0.803. The van der Waals surface area contributed by atoms with Crippen LogP contribution in [-0.4, -0.2) is 35.7 Å². The Hall–Kier alpha value is -0.770. The SMILES string of the molecule is CC(C)N1CCC(OC(N)=O)(C(C)C)CC1. The number of carbonyl (C=O) groups is 1. The highest BCUT2D eigenvalue weighted by Crippen LogP contribution is 2.34. The second kappa shape index (κ2) is 5.04. The third-order valence-electron chi connectivity index (χ3n) is 3.73. The van der Waals surface area contributed by atoms with E-state index >= 15 is 0 Å². The van der Waals surface area contributed by atoms with Gasteiger partial charge in [0.1, 0.15) is 5.60 Å². The number of primary amides is 1. The molecule has 1 heterocycles. The summed E-state index contributed by atoms with van der Waals surface area (Å²) in [5.41, 5.74) is 4.82. The summed E-state index contributed by atoms with van der Waals surface area (Å²) in [5.74, 6) is 0.314. The van der Waals surface area contributed by atoms with Crippen LogP contribution in [0, 0.1) is 5.92 Å². The Morgan fingerprint density at radius 3 is 2.06 bits per heavy atom. The smallest absolute Gasteiger partial charge is 0.405 e. The number of nitrogens with zero attached hydrogens (tertiary/aromatic N) is 1. The molecule has 0 aromatic heterocycles. The van der Waals surface area contributed by atoms with E-state index in [2.05, 4.69) is 32.6 Å². The molecule has 0 saturated carbocycles. The number of hydrogen-bond donors (Lipinski definition) is 1. The fraction of sp³-hybridized carbons (Fsp3) is 0.917. The summed E-state index contributed by atoms with van der Waals surface area (Å²) in [4.78, 5) is 13.4. The molecular formula is C12H24N2O2. The summed E-state index contributed by atoms with van der Waals surface area (Å²) >= 11 is 0. The van der Waals surface area contributed by atoms with Gasteiger partial charge in [0, 0.05) is 32.0 Å². The first-order valence-corrected chi connectivity index (χ1v) is 6.10. The molecule has 1 saturated heterocycles. The van der Waals surface area contributed by atoms with E-state index in [1.165, 1.54) is 0 Å². The Labute approximate surface area is 98.1 Å². The first-order chi connectivity index (χ1) is 7.37. The zero-order chi connectivity index (χ0) is 12.3. The molecule has 2 N–H and O–H groups in total. The molecule has 1 fully saturated rings. The van der Waals surface area contributed by atoms with Crippen LogP contribution in [0.3, 0.4) is 0 Å². The van der Waals surface area contributed by atoms with E-state index in [0.29, 0.717) is 12.0 Å². The predicted molar refractivity (Wildman–Crippen MR) is 64.2 cm³/mol. The molecule has 1 rings (SSSR count). The van der Waals surface area contributed by atoms with Crippen molar-refractivity contribution in [3.05, 3.63) is 0 Å². The zero-order valence-electron chi connectivity index (χ0n) is 10.8. The van der Waals surface area contributed by atoms with Crippen LogP contribution < -0.4 is 5.73 Å². The maximum Gasteiger partial charge on any atom is 0.405 e. The molecule has 94 valence electrons. The van der Waals surface area contributed by atoms with E-state index in [0.717, 1.165) is 25.9 Å². The van der Waals surface area contributed by atoms with Gasteiger partial charge in [0.05, 0.1) is 0 Å². The summed E-state index contributed by atoms with van der Waals surface area (Å²) in [6.07, 6.45) is 1.11. The summed E-state index contributed by atoms with van der Waals surface area (Å²) in [6.45, 7) is 10.5. The summed E-state index contributed by atoms with van der Waals surface area (Å²) in [5, 5.41) is 0. The van der Waals surface area contributed by atoms with Crippen LogP contribution in [0.5, 0.6) is 0 Å². The largest absolute Gasteiger partial charge is 0.443 e. The fourth-order valence-corrected chi connectivity index (χ4v) is 2.42. The van der Waals surface area contributed by atoms with Crippen LogP contribution in [0.2, 0.25) is 0 Å². The Morgan fingerprint density at radius 2 is 1.75 bits per heavy atom. The number of likely N-dealkylation sites (tertiary alicyclic amines) is 1. The van der Waals surface area contributed by atoms with E-state index < -0.39 is 6.09 Å². The van der Waals surface area contributed by atoms with Crippen molar-refractivity contribution in [3.8, 4) is 0 Å². The van der Waals surface area contributed by atoms with Crippen LogP contribution in [0.1, 0.15) is 40.5 Å². The Morgan fingerprint density at radius 1 is 1.25 bits per heavy atom. The minimum atomic E-state index is -0.647. The van der Waals surface area contributed by atoms with Crippen LogP contribution in [-0.2, 0) is 4.74 Å². The highest BCUT2D eigenvalue weighted by atomic mass is 16.6. The lowest BCUT2D eigenvalue weighted by molar-refractivity contribution is -0.0675. The lowest BCUT2D eigenvalue weighted by Crippen LogP contribution is -2.52. The summed E-state index contributed by atoms with van der Waals surface area (Å²) in [6, 6.07) is 0.554. The summed E-state index contributed by atoms with van der Waals surface area (Å²) < 4.78 is 5.38. The third-order valence-corrected chi connectivity index (χ3v) is 3.73. The lowest BCUT2D eigenvalue weighted by atomic mass is 9.81. The topological polar surface area (TPSA) is 55.6 Å². The third kappa shape index (κ3) is 2.88. The van der Waals surface area contributed by atoms with Gasteiger partial charge in [-0.15, -0.1) is 0 Å². The molecule has 0 radical (unpaired) electrons. The van der Waals surface area contributed by atoms with Crippen LogP contribution in [0.25, 0.3) is 0 Å². The van der Waals surface area contributed by atoms with Crippen LogP contribution in [0.15, 0.2) is 0 Å². The molecule has 0 bridgehead atoms. The van der Waals surface area contributed by atoms with Crippen molar-refractivity contribution in [3.63, 3.8) is 0 Å². The number of hydrogen-bond acceptors (Lipinski definition) is 3. The minimum absolute atomic E-state index is 0.314. The molecule has 4 nitrogen and oxygen atoms in total. The standard InChI is InChI=1S/C12H24N2O2/c1-9(2)12(16-11(13)15)5-7-14(8-6-12)10(3)4/h9-10H,5-8H2,1-4H3,(H2,13,15). The minimum Gasteiger partial charge on any atom is -0.443 e. The molecule has 0 atom stereocenters. The number of ether oxygens (including phenoxy) is 1. The van der Waals surface area contributed by atoms with Gasteiger partial charge in [-0.3, -0.25) is 0 Å². The van der Waals surface area contributed by atoms with Gasteiger partial charge in [0.2, 0.25) is 0 Å². The van der Waals surface area contributed by atoms with E-state index in [1.54, 1.807) is 0 Å².